The molecule has 2 nitrogen and oxygen atoms in total. The highest BCUT2D eigenvalue weighted by Crippen LogP contribution is 2.28. The van der Waals surface area contributed by atoms with Crippen molar-refractivity contribution in [1.82, 2.24) is 0 Å². The molecule has 1 amide bonds. The number of carbonyl (C=O) groups excluding carboxylic acids is 1. The maximum Gasteiger partial charge on any atom is 0.256 e. The minimum atomic E-state index is -0.112. The summed E-state index contributed by atoms with van der Waals surface area (Å²) in [6, 6.07) is 13.5. The van der Waals surface area contributed by atoms with E-state index in [0.717, 1.165) is 21.1 Å². The molecule has 1 atom stereocenters. The maximum atomic E-state index is 12.5. The van der Waals surface area contributed by atoms with Gasteiger partial charge in [0.25, 0.3) is 5.91 Å². The van der Waals surface area contributed by atoms with Crippen molar-refractivity contribution in [3.63, 3.8) is 0 Å². The van der Waals surface area contributed by atoms with Crippen molar-refractivity contribution in [3.05, 3.63) is 62.5 Å². The molecule has 0 unspecified atom stereocenters. The standard InChI is InChI=1S/C17H17Br2NO/c1-3-11(2)13-6-4-5-7-16(13)20-17(21)14-10-12(18)8-9-15(14)19/h4-11H,3H2,1-2H3,(H,20,21)/t11-/m0/s1. The van der Waals surface area contributed by atoms with E-state index in [0.29, 0.717) is 11.5 Å². The minimum Gasteiger partial charge on any atom is -0.322 e. The third-order valence-corrected chi connectivity index (χ3v) is 4.71. The first-order chi connectivity index (χ1) is 10.0. The van der Waals surface area contributed by atoms with Gasteiger partial charge in [-0.15, -0.1) is 0 Å². The number of hydrogen-bond acceptors (Lipinski definition) is 1. The first-order valence-electron chi connectivity index (χ1n) is 6.88. The van der Waals surface area contributed by atoms with E-state index in [-0.39, 0.29) is 5.91 Å². The van der Waals surface area contributed by atoms with Gasteiger partial charge in [-0.1, -0.05) is 48.0 Å². The van der Waals surface area contributed by atoms with E-state index in [4.69, 9.17) is 0 Å². The second-order valence-electron chi connectivity index (χ2n) is 4.97. The predicted octanol–water partition coefficient (Wildman–Crippen LogP) is 5.98. The number of anilines is 1. The van der Waals surface area contributed by atoms with Gasteiger partial charge in [-0.2, -0.15) is 0 Å². The average molecular weight is 411 g/mol. The molecular weight excluding hydrogens is 394 g/mol. The van der Waals surface area contributed by atoms with E-state index in [9.17, 15) is 4.79 Å². The van der Waals surface area contributed by atoms with Crippen LogP contribution < -0.4 is 5.32 Å². The highest BCUT2D eigenvalue weighted by atomic mass is 79.9. The molecule has 2 aromatic rings. The molecule has 0 aliphatic heterocycles. The molecule has 0 bridgehead atoms. The van der Waals surface area contributed by atoms with Crippen LogP contribution in [0.4, 0.5) is 5.69 Å². The van der Waals surface area contributed by atoms with Crippen LogP contribution in [0.15, 0.2) is 51.4 Å². The molecule has 1 N–H and O–H groups in total. The van der Waals surface area contributed by atoms with Crippen LogP contribution >= 0.6 is 31.9 Å². The predicted molar refractivity (Wildman–Crippen MR) is 94.9 cm³/mol. The molecule has 0 heterocycles. The molecule has 0 radical (unpaired) electrons. The van der Waals surface area contributed by atoms with E-state index < -0.39 is 0 Å². The molecule has 2 rings (SSSR count). The Kier molecular flexibility index (Phi) is 5.59. The summed E-state index contributed by atoms with van der Waals surface area (Å²) in [4.78, 5) is 12.5. The quantitative estimate of drug-likeness (QED) is 0.660. The van der Waals surface area contributed by atoms with Crippen LogP contribution in [0.3, 0.4) is 0 Å². The fraction of sp³-hybridized carbons (Fsp3) is 0.235. The Morgan fingerprint density at radius 3 is 2.62 bits per heavy atom. The first-order valence-corrected chi connectivity index (χ1v) is 8.46. The summed E-state index contributed by atoms with van der Waals surface area (Å²) in [7, 11) is 0. The van der Waals surface area contributed by atoms with Gasteiger partial charge in [-0.05, 0) is 58.1 Å². The molecule has 21 heavy (non-hydrogen) atoms. The summed E-state index contributed by atoms with van der Waals surface area (Å²) >= 11 is 6.82. The van der Waals surface area contributed by atoms with Crippen LogP contribution in [0.25, 0.3) is 0 Å². The molecule has 0 fully saturated rings. The second kappa shape index (κ2) is 7.23. The zero-order valence-electron chi connectivity index (χ0n) is 12.0. The summed E-state index contributed by atoms with van der Waals surface area (Å²) < 4.78 is 1.66. The topological polar surface area (TPSA) is 29.1 Å². The molecular formula is C17H17Br2NO. The van der Waals surface area contributed by atoms with Crippen molar-refractivity contribution in [2.45, 2.75) is 26.2 Å². The Labute approximate surface area is 142 Å². The SMILES string of the molecule is CC[C@H](C)c1ccccc1NC(=O)c1cc(Br)ccc1Br. The molecule has 2 aromatic carbocycles. The van der Waals surface area contributed by atoms with Gasteiger partial charge in [0, 0.05) is 14.6 Å². The first kappa shape index (κ1) is 16.2. The van der Waals surface area contributed by atoms with Gasteiger partial charge in [-0.3, -0.25) is 4.79 Å². The lowest BCUT2D eigenvalue weighted by atomic mass is 9.97. The summed E-state index contributed by atoms with van der Waals surface area (Å²) in [5, 5.41) is 3.02. The van der Waals surface area contributed by atoms with Crippen molar-refractivity contribution in [2.24, 2.45) is 0 Å². The third-order valence-electron chi connectivity index (χ3n) is 3.53. The maximum absolute atomic E-state index is 12.5. The third kappa shape index (κ3) is 3.95. The monoisotopic (exact) mass is 409 g/mol. The van der Waals surface area contributed by atoms with E-state index in [1.165, 1.54) is 5.56 Å². The fourth-order valence-electron chi connectivity index (χ4n) is 2.12. The van der Waals surface area contributed by atoms with Crippen LogP contribution in [-0.4, -0.2) is 5.91 Å². The van der Waals surface area contributed by atoms with Gasteiger partial charge in [0.2, 0.25) is 0 Å². The van der Waals surface area contributed by atoms with Crippen molar-refractivity contribution in [2.75, 3.05) is 5.32 Å². The number of rotatable bonds is 4. The number of carbonyl (C=O) groups is 1. The Bertz CT molecular complexity index is 655. The minimum absolute atomic E-state index is 0.112. The molecule has 0 aliphatic rings. The van der Waals surface area contributed by atoms with Gasteiger partial charge in [-0.25, -0.2) is 0 Å². The van der Waals surface area contributed by atoms with Crippen LogP contribution in [0.5, 0.6) is 0 Å². The molecule has 110 valence electrons. The van der Waals surface area contributed by atoms with E-state index in [1.807, 2.05) is 36.4 Å². The molecule has 0 aliphatic carbocycles. The van der Waals surface area contributed by atoms with Crippen LogP contribution in [-0.2, 0) is 0 Å². The lowest BCUT2D eigenvalue weighted by Crippen LogP contribution is -2.14. The average Bonchev–Trinajstić information content (AvgIpc) is 2.49. The Balaban J connectivity index is 2.30. The van der Waals surface area contributed by atoms with Gasteiger partial charge in [0.15, 0.2) is 0 Å². The highest BCUT2D eigenvalue weighted by molar-refractivity contribution is 9.11. The van der Waals surface area contributed by atoms with E-state index >= 15 is 0 Å². The lowest BCUT2D eigenvalue weighted by molar-refractivity contribution is 0.102. The van der Waals surface area contributed by atoms with Crippen molar-refractivity contribution >= 4 is 43.5 Å². The van der Waals surface area contributed by atoms with Gasteiger partial charge in [0.05, 0.1) is 5.56 Å². The smallest absolute Gasteiger partial charge is 0.256 e. The molecule has 4 heteroatoms. The van der Waals surface area contributed by atoms with Crippen molar-refractivity contribution in [3.8, 4) is 0 Å². The number of nitrogens with one attached hydrogen (secondary N) is 1. The van der Waals surface area contributed by atoms with Crippen LogP contribution in [0, 0.1) is 0 Å². The van der Waals surface area contributed by atoms with Crippen molar-refractivity contribution < 1.29 is 4.79 Å². The normalized spacial score (nSPS) is 12.0. The van der Waals surface area contributed by atoms with Gasteiger partial charge in [0.1, 0.15) is 0 Å². The second-order valence-corrected chi connectivity index (χ2v) is 6.74. The number of halogens is 2. The summed E-state index contributed by atoms with van der Waals surface area (Å²) in [5.74, 6) is 0.298. The number of amides is 1. The van der Waals surface area contributed by atoms with E-state index in [1.54, 1.807) is 0 Å². The summed E-state index contributed by atoms with van der Waals surface area (Å²) in [5.41, 5.74) is 2.66. The molecule has 0 saturated heterocycles. The number of benzene rings is 2. The lowest BCUT2D eigenvalue weighted by Gasteiger charge is -2.16. The largest absolute Gasteiger partial charge is 0.322 e. The highest BCUT2D eigenvalue weighted by Gasteiger charge is 2.14. The molecule has 0 saturated carbocycles. The molecule has 0 aromatic heterocycles. The zero-order chi connectivity index (χ0) is 15.4. The summed E-state index contributed by atoms with van der Waals surface area (Å²) in [6.45, 7) is 4.31. The fourth-order valence-corrected chi connectivity index (χ4v) is 2.91. The Hall–Kier alpha value is -1.13. The van der Waals surface area contributed by atoms with Gasteiger partial charge >= 0.3 is 0 Å². The zero-order valence-corrected chi connectivity index (χ0v) is 15.2. The number of para-hydroxylation sites is 1. The van der Waals surface area contributed by atoms with Crippen molar-refractivity contribution in [1.29, 1.82) is 0 Å². The van der Waals surface area contributed by atoms with Crippen LogP contribution in [0.2, 0.25) is 0 Å². The molecule has 0 spiro atoms. The Morgan fingerprint density at radius 1 is 1.19 bits per heavy atom. The summed E-state index contributed by atoms with van der Waals surface area (Å²) in [6.07, 6.45) is 1.04. The van der Waals surface area contributed by atoms with Crippen LogP contribution in [0.1, 0.15) is 42.1 Å². The van der Waals surface area contributed by atoms with Gasteiger partial charge < -0.3 is 5.32 Å². The number of hydrogen-bond donors (Lipinski definition) is 1. The van der Waals surface area contributed by atoms with E-state index in [2.05, 4.69) is 57.1 Å². The Morgan fingerprint density at radius 2 is 1.90 bits per heavy atom.